The van der Waals surface area contributed by atoms with Crippen LogP contribution in [0.25, 0.3) is 11.0 Å². The average molecular weight is 330 g/mol. The minimum atomic E-state index is -0.407. The van der Waals surface area contributed by atoms with Crippen LogP contribution in [0.15, 0.2) is 27.4 Å². The van der Waals surface area contributed by atoms with Gasteiger partial charge < -0.3 is 13.9 Å². The van der Waals surface area contributed by atoms with Crippen molar-refractivity contribution in [2.45, 2.75) is 39.5 Å². The highest BCUT2D eigenvalue weighted by Gasteiger charge is 2.18. The largest absolute Gasteiger partial charge is 0.482 e. The summed E-state index contributed by atoms with van der Waals surface area (Å²) in [6, 6.07) is 5.37. The van der Waals surface area contributed by atoms with Crippen LogP contribution in [0.3, 0.4) is 0 Å². The van der Waals surface area contributed by atoms with Gasteiger partial charge in [0, 0.05) is 17.0 Å². The zero-order valence-electron chi connectivity index (χ0n) is 14.1. The Morgan fingerprint density at radius 1 is 1.21 bits per heavy atom. The van der Waals surface area contributed by atoms with Crippen molar-refractivity contribution in [2.24, 2.45) is 5.92 Å². The lowest BCUT2D eigenvalue weighted by Crippen LogP contribution is -2.17. The summed E-state index contributed by atoms with van der Waals surface area (Å²) in [5.41, 5.74) is 2.15. The van der Waals surface area contributed by atoms with Gasteiger partial charge in [0.2, 0.25) is 0 Å². The lowest BCUT2D eigenvalue weighted by Gasteiger charge is -2.16. The molecule has 1 aromatic heterocycles. The number of carbonyl (C=O) groups is 1. The van der Waals surface area contributed by atoms with Crippen LogP contribution in [-0.2, 0) is 22.4 Å². The van der Waals surface area contributed by atoms with Crippen molar-refractivity contribution >= 4 is 16.9 Å². The van der Waals surface area contributed by atoms with E-state index >= 15 is 0 Å². The van der Waals surface area contributed by atoms with Crippen molar-refractivity contribution in [1.29, 1.82) is 0 Å². The Morgan fingerprint density at radius 3 is 2.71 bits per heavy atom. The molecule has 0 aliphatic heterocycles. The lowest BCUT2D eigenvalue weighted by molar-refractivity contribution is -0.147. The predicted octanol–water partition coefficient (Wildman–Crippen LogP) is 3.25. The number of hydrogen-bond acceptors (Lipinski definition) is 5. The zero-order chi connectivity index (χ0) is 17.1. The van der Waals surface area contributed by atoms with Gasteiger partial charge in [-0.3, -0.25) is 0 Å². The molecule has 5 nitrogen and oxygen atoms in total. The first-order valence-electron chi connectivity index (χ1n) is 8.41. The molecule has 0 radical (unpaired) electrons. The van der Waals surface area contributed by atoms with E-state index in [9.17, 15) is 9.59 Å². The molecule has 0 saturated carbocycles. The van der Waals surface area contributed by atoms with Gasteiger partial charge in [-0.15, -0.1) is 0 Å². The van der Waals surface area contributed by atoms with Crippen LogP contribution in [0, 0.1) is 5.92 Å². The zero-order valence-corrected chi connectivity index (χ0v) is 14.1. The molecule has 0 bridgehead atoms. The molecule has 24 heavy (non-hydrogen) atoms. The summed E-state index contributed by atoms with van der Waals surface area (Å²) < 4.78 is 16.0. The van der Waals surface area contributed by atoms with E-state index in [1.54, 1.807) is 12.1 Å². The van der Waals surface area contributed by atoms with Gasteiger partial charge in [-0.25, -0.2) is 9.59 Å². The van der Waals surface area contributed by atoms with Gasteiger partial charge in [0.1, 0.15) is 11.3 Å². The Kier molecular flexibility index (Phi) is 4.88. The molecular weight excluding hydrogens is 308 g/mol. The average Bonchev–Trinajstić information content (AvgIpc) is 2.58. The first-order chi connectivity index (χ1) is 11.5. The summed E-state index contributed by atoms with van der Waals surface area (Å²) in [6.07, 6.45) is 3.81. The molecule has 0 atom stereocenters. The normalized spacial score (nSPS) is 13.8. The monoisotopic (exact) mass is 330 g/mol. The van der Waals surface area contributed by atoms with Crippen molar-refractivity contribution in [1.82, 2.24) is 0 Å². The predicted molar refractivity (Wildman–Crippen MR) is 90.4 cm³/mol. The molecule has 0 spiro atoms. The summed E-state index contributed by atoms with van der Waals surface area (Å²) in [6.45, 7) is 4.16. The molecule has 3 rings (SSSR count). The maximum Gasteiger partial charge on any atom is 0.344 e. The summed E-state index contributed by atoms with van der Waals surface area (Å²) in [4.78, 5) is 23.7. The molecule has 2 aromatic rings. The smallest absolute Gasteiger partial charge is 0.344 e. The first-order valence-corrected chi connectivity index (χ1v) is 8.41. The van der Waals surface area contributed by atoms with Crippen molar-refractivity contribution in [3.05, 3.63) is 39.7 Å². The number of fused-ring (bicyclic) bond motifs is 3. The van der Waals surface area contributed by atoms with E-state index < -0.39 is 5.97 Å². The van der Waals surface area contributed by atoms with Gasteiger partial charge in [0.25, 0.3) is 0 Å². The van der Waals surface area contributed by atoms with Crippen LogP contribution in [-0.4, -0.2) is 19.2 Å². The van der Waals surface area contributed by atoms with Crippen LogP contribution < -0.4 is 10.4 Å². The molecule has 1 heterocycles. The van der Waals surface area contributed by atoms with Crippen LogP contribution in [0.1, 0.15) is 37.8 Å². The quantitative estimate of drug-likeness (QED) is 0.622. The number of rotatable bonds is 5. The highest BCUT2D eigenvalue weighted by atomic mass is 16.6. The number of carbonyl (C=O) groups excluding carboxylic acids is 1. The van der Waals surface area contributed by atoms with Crippen molar-refractivity contribution < 1.29 is 18.7 Å². The molecule has 0 N–H and O–H groups in total. The molecule has 0 saturated heterocycles. The standard InChI is InChI=1S/C19H22O5/c1-12(2)10-23-18(20)11-22-13-7-8-15-14-5-3-4-6-16(14)19(21)24-17(15)9-13/h7-9,12H,3-6,10-11H2,1-2H3. The van der Waals surface area contributed by atoms with Crippen molar-refractivity contribution in [2.75, 3.05) is 13.2 Å². The van der Waals surface area contributed by atoms with Crippen molar-refractivity contribution in [3.63, 3.8) is 0 Å². The number of ether oxygens (including phenoxy) is 2. The second kappa shape index (κ2) is 7.07. The maximum absolute atomic E-state index is 12.1. The Bertz CT molecular complexity index is 803. The van der Waals surface area contributed by atoms with Gasteiger partial charge >= 0.3 is 11.6 Å². The van der Waals surface area contributed by atoms with Gasteiger partial charge in [-0.2, -0.15) is 0 Å². The second-order valence-electron chi connectivity index (χ2n) is 6.58. The molecule has 0 fully saturated rings. The van der Waals surface area contributed by atoms with Crippen LogP contribution in [0.2, 0.25) is 0 Å². The minimum Gasteiger partial charge on any atom is -0.482 e. The summed E-state index contributed by atoms with van der Waals surface area (Å²) in [5, 5.41) is 0.957. The van der Waals surface area contributed by atoms with Gasteiger partial charge in [-0.05, 0) is 49.3 Å². The Balaban J connectivity index is 1.77. The Labute approximate surface area is 140 Å². The Morgan fingerprint density at radius 2 is 1.96 bits per heavy atom. The number of aryl methyl sites for hydroxylation is 1. The topological polar surface area (TPSA) is 65.7 Å². The third-order valence-electron chi connectivity index (χ3n) is 4.13. The van der Waals surface area contributed by atoms with E-state index in [4.69, 9.17) is 13.9 Å². The molecule has 128 valence electrons. The van der Waals surface area contributed by atoms with Gasteiger partial charge in [0.15, 0.2) is 6.61 Å². The summed E-state index contributed by atoms with van der Waals surface area (Å²) in [7, 11) is 0. The van der Waals surface area contributed by atoms with E-state index in [1.807, 2.05) is 19.9 Å². The van der Waals surface area contributed by atoms with E-state index in [1.165, 1.54) is 0 Å². The number of benzene rings is 1. The van der Waals surface area contributed by atoms with Crippen molar-refractivity contribution in [3.8, 4) is 5.75 Å². The van der Waals surface area contributed by atoms with E-state index in [-0.39, 0.29) is 18.2 Å². The molecular formula is C19H22O5. The second-order valence-corrected chi connectivity index (χ2v) is 6.58. The molecule has 1 aliphatic carbocycles. The number of esters is 1. The van der Waals surface area contributed by atoms with Crippen LogP contribution in [0.5, 0.6) is 5.75 Å². The minimum absolute atomic E-state index is 0.159. The summed E-state index contributed by atoms with van der Waals surface area (Å²) >= 11 is 0. The fourth-order valence-electron chi connectivity index (χ4n) is 2.96. The fourth-order valence-corrected chi connectivity index (χ4v) is 2.96. The van der Waals surface area contributed by atoms with E-state index in [2.05, 4.69) is 0 Å². The molecule has 5 heteroatoms. The van der Waals surface area contributed by atoms with Gasteiger partial charge in [0.05, 0.1) is 6.61 Å². The molecule has 1 aliphatic rings. The maximum atomic E-state index is 12.1. The van der Waals surface area contributed by atoms with Gasteiger partial charge in [-0.1, -0.05) is 13.8 Å². The third-order valence-corrected chi connectivity index (χ3v) is 4.13. The highest BCUT2D eigenvalue weighted by Crippen LogP contribution is 2.29. The third kappa shape index (κ3) is 3.61. The van der Waals surface area contributed by atoms with Crippen LogP contribution >= 0.6 is 0 Å². The molecule has 1 aromatic carbocycles. The fraction of sp³-hybridized carbons (Fsp3) is 0.474. The lowest BCUT2D eigenvalue weighted by atomic mass is 9.91. The molecule has 0 amide bonds. The van der Waals surface area contributed by atoms with Crippen LogP contribution in [0.4, 0.5) is 0 Å². The first kappa shape index (κ1) is 16.6. The van der Waals surface area contributed by atoms with E-state index in [0.717, 1.165) is 42.2 Å². The molecule has 0 unspecified atom stereocenters. The highest BCUT2D eigenvalue weighted by molar-refractivity contribution is 5.83. The number of hydrogen-bond donors (Lipinski definition) is 0. The summed E-state index contributed by atoms with van der Waals surface area (Å²) in [5.74, 6) is 0.369. The SMILES string of the molecule is CC(C)COC(=O)COc1ccc2c3c(c(=O)oc2c1)CCCC3. The Hall–Kier alpha value is -2.30. The van der Waals surface area contributed by atoms with E-state index in [0.29, 0.717) is 17.9 Å².